The van der Waals surface area contributed by atoms with Gasteiger partial charge in [0.1, 0.15) is 24.7 Å². The zero-order chi connectivity index (χ0) is 23.5. The van der Waals surface area contributed by atoms with Gasteiger partial charge in [-0.15, -0.1) is 0 Å². The average Bonchev–Trinajstić information content (AvgIpc) is 3.19. The first-order valence-electron chi connectivity index (χ1n) is 11.6. The summed E-state index contributed by atoms with van der Waals surface area (Å²) in [6, 6.07) is 24.9. The summed E-state index contributed by atoms with van der Waals surface area (Å²) in [5.74, 6) is 1.45. The number of rotatable bonds is 8. The Morgan fingerprint density at radius 2 is 1.32 bits per heavy atom. The van der Waals surface area contributed by atoms with Crippen molar-refractivity contribution >= 4 is 5.57 Å². The lowest BCUT2D eigenvalue weighted by atomic mass is 9.66. The SMILES string of the molecule is C=C1CC=CC2=C1c1ccccc1C2(c1ccc(OCCO)cc1)c1ccc(OCCO)cc1. The predicted molar refractivity (Wildman–Crippen MR) is 134 cm³/mol. The summed E-state index contributed by atoms with van der Waals surface area (Å²) in [5, 5.41) is 18.2. The van der Waals surface area contributed by atoms with Crippen molar-refractivity contribution in [3.05, 3.63) is 125 Å². The van der Waals surface area contributed by atoms with Gasteiger partial charge >= 0.3 is 0 Å². The van der Waals surface area contributed by atoms with E-state index in [4.69, 9.17) is 19.7 Å². The van der Waals surface area contributed by atoms with Crippen LogP contribution < -0.4 is 9.47 Å². The van der Waals surface area contributed by atoms with Gasteiger partial charge in [0.2, 0.25) is 0 Å². The van der Waals surface area contributed by atoms with E-state index in [2.05, 4.69) is 67.3 Å². The van der Waals surface area contributed by atoms with Gasteiger partial charge in [-0.1, -0.05) is 67.3 Å². The minimum Gasteiger partial charge on any atom is -0.491 e. The van der Waals surface area contributed by atoms with Crippen LogP contribution in [0.25, 0.3) is 5.57 Å². The number of benzene rings is 3. The minimum atomic E-state index is -0.517. The van der Waals surface area contributed by atoms with E-state index in [9.17, 15) is 0 Å². The van der Waals surface area contributed by atoms with Crippen molar-refractivity contribution in [1.82, 2.24) is 0 Å². The maximum Gasteiger partial charge on any atom is 0.119 e. The van der Waals surface area contributed by atoms with Crippen LogP contribution >= 0.6 is 0 Å². The molecule has 0 unspecified atom stereocenters. The highest BCUT2D eigenvalue weighted by Crippen LogP contribution is 2.57. The number of fused-ring (bicyclic) bond motifs is 2. The van der Waals surface area contributed by atoms with Crippen LogP contribution in [-0.4, -0.2) is 36.6 Å². The van der Waals surface area contributed by atoms with Gasteiger partial charge in [0, 0.05) is 0 Å². The summed E-state index contributed by atoms with van der Waals surface area (Å²) in [5.41, 5.74) is 7.75. The van der Waals surface area contributed by atoms with Crippen molar-refractivity contribution in [2.75, 3.05) is 26.4 Å². The summed E-state index contributed by atoms with van der Waals surface area (Å²) in [7, 11) is 0. The molecular formula is C30H28O4. The van der Waals surface area contributed by atoms with Gasteiger partial charge in [0.05, 0.1) is 18.6 Å². The smallest absolute Gasteiger partial charge is 0.119 e. The number of allylic oxidation sites excluding steroid dienone is 5. The largest absolute Gasteiger partial charge is 0.491 e. The molecule has 0 heterocycles. The van der Waals surface area contributed by atoms with Crippen LogP contribution in [0, 0.1) is 0 Å². The molecule has 2 aliphatic carbocycles. The second-order valence-electron chi connectivity index (χ2n) is 8.49. The van der Waals surface area contributed by atoms with Crippen LogP contribution in [0.3, 0.4) is 0 Å². The Hall–Kier alpha value is -3.60. The van der Waals surface area contributed by atoms with Gasteiger partial charge in [-0.3, -0.25) is 0 Å². The van der Waals surface area contributed by atoms with Gasteiger partial charge in [-0.05, 0) is 69.7 Å². The van der Waals surface area contributed by atoms with Crippen molar-refractivity contribution in [3.8, 4) is 11.5 Å². The van der Waals surface area contributed by atoms with Gasteiger partial charge in [0.15, 0.2) is 0 Å². The zero-order valence-electron chi connectivity index (χ0n) is 19.0. The Kier molecular flexibility index (Phi) is 6.10. The van der Waals surface area contributed by atoms with Crippen molar-refractivity contribution in [2.45, 2.75) is 11.8 Å². The molecule has 3 aromatic rings. The molecule has 0 amide bonds. The third-order valence-corrected chi connectivity index (χ3v) is 6.57. The Balaban J connectivity index is 1.73. The monoisotopic (exact) mass is 452 g/mol. The summed E-state index contributed by atoms with van der Waals surface area (Å²) < 4.78 is 11.3. The fourth-order valence-corrected chi connectivity index (χ4v) is 5.23. The Morgan fingerprint density at radius 1 is 0.765 bits per heavy atom. The van der Waals surface area contributed by atoms with Gasteiger partial charge in [0.25, 0.3) is 0 Å². The molecule has 0 aromatic heterocycles. The Morgan fingerprint density at radius 3 is 1.88 bits per heavy atom. The molecule has 0 radical (unpaired) electrons. The average molecular weight is 453 g/mol. The number of hydrogen-bond donors (Lipinski definition) is 2. The molecule has 2 N–H and O–H groups in total. The first-order chi connectivity index (χ1) is 16.7. The standard InChI is InChI=1S/C30H28O4/c1-21-5-4-8-28-29(21)26-6-2-3-7-27(26)30(28,22-9-13-24(14-10-22)33-19-17-31)23-11-15-25(16-12-23)34-20-18-32/h2-4,6-16,31-32H,1,5,17-20H2. The molecule has 172 valence electrons. The van der Waals surface area contributed by atoms with E-state index in [-0.39, 0.29) is 26.4 Å². The fourth-order valence-electron chi connectivity index (χ4n) is 5.23. The van der Waals surface area contributed by atoms with E-state index >= 15 is 0 Å². The van der Waals surface area contributed by atoms with Crippen molar-refractivity contribution in [2.24, 2.45) is 0 Å². The summed E-state index contributed by atoms with van der Waals surface area (Å²) in [6.45, 7) is 4.89. The molecule has 4 nitrogen and oxygen atoms in total. The molecule has 0 saturated carbocycles. The Bertz CT molecular complexity index is 1200. The second kappa shape index (κ2) is 9.34. The van der Waals surface area contributed by atoms with E-state index in [0.29, 0.717) is 0 Å². The molecule has 2 aliphatic rings. The van der Waals surface area contributed by atoms with Crippen LogP contribution in [0.5, 0.6) is 11.5 Å². The highest BCUT2D eigenvalue weighted by molar-refractivity contribution is 5.95. The first kappa shape index (κ1) is 22.2. The van der Waals surface area contributed by atoms with E-state index in [1.807, 2.05) is 24.3 Å². The molecule has 0 bridgehead atoms. The highest BCUT2D eigenvalue weighted by Gasteiger charge is 2.47. The molecular weight excluding hydrogens is 424 g/mol. The molecule has 3 aromatic carbocycles. The van der Waals surface area contributed by atoms with Crippen LogP contribution in [0.2, 0.25) is 0 Å². The zero-order valence-corrected chi connectivity index (χ0v) is 19.0. The molecule has 0 saturated heterocycles. The van der Waals surface area contributed by atoms with Crippen LogP contribution in [0.4, 0.5) is 0 Å². The lowest BCUT2D eigenvalue weighted by molar-refractivity contribution is 0.201. The van der Waals surface area contributed by atoms with E-state index in [0.717, 1.165) is 34.6 Å². The van der Waals surface area contributed by atoms with Crippen molar-refractivity contribution < 1.29 is 19.7 Å². The lowest BCUT2D eigenvalue weighted by Gasteiger charge is -2.35. The van der Waals surface area contributed by atoms with Crippen LogP contribution in [0.15, 0.2) is 103 Å². The molecule has 0 atom stereocenters. The maximum absolute atomic E-state index is 9.11. The van der Waals surface area contributed by atoms with E-state index < -0.39 is 5.41 Å². The number of aliphatic hydroxyl groups excluding tert-OH is 2. The van der Waals surface area contributed by atoms with Crippen LogP contribution in [0.1, 0.15) is 28.7 Å². The molecule has 0 fully saturated rings. The fraction of sp³-hybridized carbons (Fsp3) is 0.200. The summed E-state index contributed by atoms with van der Waals surface area (Å²) in [6.07, 6.45) is 5.28. The molecule has 0 aliphatic heterocycles. The van der Waals surface area contributed by atoms with E-state index in [1.54, 1.807) is 0 Å². The topological polar surface area (TPSA) is 58.9 Å². The second-order valence-corrected chi connectivity index (χ2v) is 8.49. The van der Waals surface area contributed by atoms with Gasteiger partial charge in [-0.2, -0.15) is 0 Å². The first-order valence-corrected chi connectivity index (χ1v) is 11.6. The van der Waals surface area contributed by atoms with E-state index in [1.165, 1.54) is 22.3 Å². The summed E-state index contributed by atoms with van der Waals surface area (Å²) in [4.78, 5) is 0. The number of ether oxygens (including phenoxy) is 2. The quantitative estimate of drug-likeness (QED) is 0.502. The summed E-state index contributed by atoms with van der Waals surface area (Å²) >= 11 is 0. The van der Waals surface area contributed by atoms with Crippen molar-refractivity contribution in [1.29, 1.82) is 0 Å². The third kappa shape index (κ3) is 3.56. The number of aliphatic hydroxyl groups is 2. The predicted octanol–water partition coefficient (Wildman–Crippen LogP) is 5.05. The normalized spacial score (nSPS) is 15.8. The third-order valence-electron chi connectivity index (χ3n) is 6.57. The molecule has 4 heteroatoms. The molecule has 0 spiro atoms. The van der Waals surface area contributed by atoms with Gasteiger partial charge < -0.3 is 19.7 Å². The maximum atomic E-state index is 9.11. The number of hydrogen-bond acceptors (Lipinski definition) is 4. The molecule has 5 rings (SSSR count). The van der Waals surface area contributed by atoms with Crippen LogP contribution in [-0.2, 0) is 5.41 Å². The van der Waals surface area contributed by atoms with Gasteiger partial charge in [-0.25, -0.2) is 0 Å². The van der Waals surface area contributed by atoms with Crippen molar-refractivity contribution in [3.63, 3.8) is 0 Å². The lowest BCUT2D eigenvalue weighted by Crippen LogP contribution is -2.29. The Labute approximate surface area is 200 Å². The highest BCUT2D eigenvalue weighted by atomic mass is 16.5. The minimum absolute atomic E-state index is 0.0209. The molecule has 34 heavy (non-hydrogen) atoms.